The fourth-order valence-electron chi connectivity index (χ4n) is 8.44. The second-order valence-corrected chi connectivity index (χ2v) is 18.9. The van der Waals surface area contributed by atoms with Crippen LogP contribution in [0.3, 0.4) is 0 Å². The van der Waals surface area contributed by atoms with E-state index >= 15 is 0 Å². The van der Waals surface area contributed by atoms with Crippen molar-refractivity contribution in [3.8, 4) is 0 Å². The predicted octanol–water partition coefficient (Wildman–Crippen LogP) is 8.95. The van der Waals surface area contributed by atoms with Crippen molar-refractivity contribution in [2.45, 2.75) is 62.8 Å². The van der Waals surface area contributed by atoms with E-state index in [1.807, 2.05) is 0 Å². The zero-order valence-electron chi connectivity index (χ0n) is 30.7. The van der Waals surface area contributed by atoms with Crippen molar-refractivity contribution in [2.24, 2.45) is 0 Å². The van der Waals surface area contributed by atoms with Gasteiger partial charge < -0.3 is 13.9 Å². The molecule has 0 bridgehead atoms. The molecule has 51 heavy (non-hydrogen) atoms. The quantitative estimate of drug-likeness (QED) is 0.0474. The summed E-state index contributed by atoms with van der Waals surface area (Å²) >= 11 is 0. The van der Waals surface area contributed by atoms with Gasteiger partial charge in [-0.15, -0.1) is 0 Å². The molecular weight excluding hydrogens is 643 g/mol. The molecule has 0 amide bonds. The van der Waals surface area contributed by atoms with Gasteiger partial charge in [-0.3, -0.25) is 4.90 Å². The van der Waals surface area contributed by atoms with Crippen LogP contribution in [0.4, 0.5) is 0 Å². The van der Waals surface area contributed by atoms with Gasteiger partial charge in [-0.25, -0.2) is 0 Å². The number of likely N-dealkylation sites (tertiary alicyclic amines) is 1. The average Bonchev–Trinajstić information content (AvgIpc) is 3.65. The number of rotatable bonds is 15. The van der Waals surface area contributed by atoms with E-state index in [-0.39, 0.29) is 24.0 Å². The summed E-state index contributed by atoms with van der Waals surface area (Å²) in [6.07, 6.45) is 2.46. The molecule has 1 saturated heterocycles. The molecule has 0 N–H and O–H groups in total. The number of hydrogen-bond acceptors (Lipinski definition) is 4. The van der Waals surface area contributed by atoms with Crippen LogP contribution in [0.5, 0.6) is 0 Å². The van der Waals surface area contributed by atoms with Crippen LogP contribution in [0, 0.1) is 0 Å². The smallest absolute Gasteiger partial charge is 0.261 e. The SMILES string of the molecule is C=C(CCO[Si](c1ccccc1)(c1ccccc1)C(C)(C)C)[C@H](OCOC)[C@H]1CCCN1C(c1ccccc1)(c1ccccc1)c1ccccc1. The first-order valence-electron chi connectivity index (χ1n) is 18.3. The van der Waals surface area contributed by atoms with Gasteiger partial charge in [0.25, 0.3) is 8.32 Å². The minimum Gasteiger partial charge on any atom is -0.407 e. The Morgan fingerprint density at radius 2 is 1.14 bits per heavy atom. The molecule has 1 aliphatic rings. The van der Waals surface area contributed by atoms with E-state index in [2.05, 4.69) is 177 Å². The largest absolute Gasteiger partial charge is 0.407 e. The summed E-state index contributed by atoms with van der Waals surface area (Å²) in [5.41, 5.74) is 4.21. The Morgan fingerprint density at radius 3 is 1.55 bits per heavy atom. The summed E-state index contributed by atoms with van der Waals surface area (Å²) in [4.78, 5) is 2.68. The third-order valence-electron chi connectivity index (χ3n) is 10.6. The third kappa shape index (κ3) is 7.32. The Bertz CT molecular complexity index is 1660. The maximum atomic E-state index is 7.33. The van der Waals surface area contributed by atoms with Gasteiger partial charge in [0, 0.05) is 26.3 Å². The van der Waals surface area contributed by atoms with Gasteiger partial charge in [-0.2, -0.15) is 0 Å². The van der Waals surface area contributed by atoms with Crippen LogP contribution in [-0.4, -0.2) is 52.4 Å². The molecular formula is C46H53NO3Si. The molecule has 4 nitrogen and oxygen atoms in total. The van der Waals surface area contributed by atoms with Crippen molar-refractivity contribution in [1.82, 2.24) is 4.90 Å². The second-order valence-electron chi connectivity index (χ2n) is 14.6. The highest BCUT2D eigenvalue weighted by Crippen LogP contribution is 2.47. The fourth-order valence-corrected chi connectivity index (χ4v) is 13.0. The first-order valence-corrected chi connectivity index (χ1v) is 20.2. The molecule has 5 heteroatoms. The Labute approximate surface area is 306 Å². The second kappa shape index (κ2) is 16.5. The number of nitrogens with zero attached hydrogens (tertiary/aromatic N) is 1. The molecule has 2 atom stereocenters. The summed E-state index contributed by atoms with van der Waals surface area (Å²) < 4.78 is 19.6. The molecule has 1 aliphatic heterocycles. The van der Waals surface area contributed by atoms with Crippen molar-refractivity contribution in [2.75, 3.05) is 27.1 Å². The number of ether oxygens (including phenoxy) is 2. The molecule has 0 unspecified atom stereocenters. The highest BCUT2D eigenvalue weighted by molar-refractivity contribution is 6.99. The molecule has 1 heterocycles. The summed E-state index contributed by atoms with van der Waals surface area (Å²) in [5, 5.41) is 2.45. The zero-order chi connectivity index (χ0) is 35.7. The van der Waals surface area contributed by atoms with Crippen molar-refractivity contribution in [3.05, 3.63) is 181 Å². The molecule has 0 spiro atoms. The van der Waals surface area contributed by atoms with Gasteiger partial charge in [0.2, 0.25) is 0 Å². The maximum absolute atomic E-state index is 7.33. The third-order valence-corrected chi connectivity index (χ3v) is 15.6. The molecule has 0 radical (unpaired) electrons. The lowest BCUT2D eigenvalue weighted by atomic mass is 9.74. The minimum atomic E-state index is -2.70. The fraction of sp³-hybridized carbons (Fsp3) is 0.304. The van der Waals surface area contributed by atoms with Gasteiger partial charge in [0.15, 0.2) is 0 Å². The van der Waals surface area contributed by atoms with E-state index in [0.29, 0.717) is 13.0 Å². The van der Waals surface area contributed by atoms with Crippen molar-refractivity contribution in [3.63, 3.8) is 0 Å². The van der Waals surface area contributed by atoms with Gasteiger partial charge in [-0.05, 0) is 56.9 Å². The predicted molar refractivity (Wildman–Crippen MR) is 213 cm³/mol. The van der Waals surface area contributed by atoms with Gasteiger partial charge in [-0.1, -0.05) is 179 Å². The zero-order valence-corrected chi connectivity index (χ0v) is 31.7. The number of benzene rings is 5. The normalized spacial score (nSPS) is 16.2. The topological polar surface area (TPSA) is 30.9 Å². The molecule has 1 fully saturated rings. The molecule has 0 aliphatic carbocycles. The Morgan fingerprint density at radius 1 is 0.706 bits per heavy atom. The number of methoxy groups -OCH3 is 1. The highest BCUT2D eigenvalue weighted by atomic mass is 28.4. The van der Waals surface area contributed by atoms with Crippen LogP contribution in [0.15, 0.2) is 164 Å². The van der Waals surface area contributed by atoms with E-state index in [1.54, 1.807) is 7.11 Å². The van der Waals surface area contributed by atoms with Gasteiger partial charge >= 0.3 is 0 Å². The van der Waals surface area contributed by atoms with Crippen LogP contribution in [-0.2, 0) is 19.4 Å². The molecule has 264 valence electrons. The van der Waals surface area contributed by atoms with E-state index in [0.717, 1.165) is 25.0 Å². The van der Waals surface area contributed by atoms with E-state index in [1.165, 1.54) is 27.1 Å². The van der Waals surface area contributed by atoms with Crippen molar-refractivity contribution >= 4 is 18.7 Å². The monoisotopic (exact) mass is 695 g/mol. The van der Waals surface area contributed by atoms with E-state index in [9.17, 15) is 0 Å². The Kier molecular flexibility index (Phi) is 11.9. The summed E-state index contributed by atoms with van der Waals surface area (Å²) in [6, 6.07) is 54.6. The van der Waals surface area contributed by atoms with Gasteiger partial charge in [0.1, 0.15) is 6.79 Å². The molecule has 5 aromatic carbocycles. The van der Waals surface area contributed by atoms with Crippen LogP contribution in [0.1, 0.15) is 56.7 Å². The molecule has 6 rings (SSSR count). The van der Waals surface area contributed by atoms with Crippen LogP contribution < -0.4 is 10.4 Å². The van der Waals surface area contributed by atoms with E-state index < -0.39 is 13.9 Å². The summed E-state index contributed by atoms with van der Waals surface area (Å²) in [7, 11) is -1.01. The van der Waals surface area contributed by atoms with Crippen molar-refractivity contribution < 1.29 is 13.9 Å². The Balaban J connectivity index is 1.37. The lowest BCUT2D eigenvalue weighted by molar-refractivity contribution is -0.0887. The lowest BCUT2D eigenvalue weighted by Crippen LogP contribution is -2.66. The highest BCUT2D eigenvalue weighted by Gasteiger charge is 2.51. The van der Waals surface area contributed by atoms with E-state index in [4.69, 9.17) is 20.5 Å². The minimum absolute atomic E-state index is 0.0566. The maximum Gasteiger partial charge on any atom is 0.261 e. The van der Waals surface area contributed by atoms with Crippen LogP contribution in [0.25, 0.3) is 0 Å². The molecule has 0 saturated carbocycles. The summed E-state index contributed by atoms with van der Waals surface area (Å²) in [6.45, 7) is 13.4. The lowest BCUT2D eigenvalue weighted by Gasteiger charge is -2.48. The molecule has 0 aromatic heterocycles. The van der Waals surface area contributed by atoms with Crippen LogP contribution in [0.2, 0.25) is 5.04 Å². The molecule has 5 aromatic rings. The van der Waals surface area contributed by atoms with Crippen LogP contribution >= 0.6 is 0 Å². The Hall–Kier alpha value is -4.10. The first-order chi connectivity index (χ1) is 24.8. The van der Waals surface area contributed by atoms with Gasteiger partial charge in [0.05, 0.1) is 11.6 Å². The number of hydrogen-bond donors (Lipinski definition) is 0. The average molecular weight is 696 g/mol. The standard InChI is InChI=1S/C46H53NO3Si/c1-37(33-35-50-51(45(2,3)4,41-28-17-9-18-29-41)42-30-19-10-20-31-42)44(49-36-48-5)43-32-21-34-47(43)46(38-22-11-6-12-23-38,39-24-13-7-14-25-39)40-26-15-8-16-27-40/h6-20,22-31,43-44H,1,21,32-36H2,2-5H3/t43-,44+/m1/s1. The van der Waals surface area contributed by atoms with Crippen molar-refractivity contribution in [1.29, 1.82) is 0 Å². The summed E-state index contributed by atoms with van der Waals surface area (Å²) in [5.74, 6) is 0. The first kappa shape index (κ1) is 36.7.